The first kappa shape index (κ1) is 11.2. The number of hydrogen-bond acceptors (Lipinski definition) is 4. The molecule has 2 aromatic rings. The van der Waals surface area contributed by atoms with Gasteiger partial charge in [-0.1, -0.05) is 36.4 Å². The average molecular weight is 216 g/mol. The molecule has 0 saturated carbocycles. The molecule has 0 radical (unpaired) electrons. The molecule has 2 rings (SSSR count). The van der Waals surface area contributed by atoms with Crippen LogP contribution in [0.3, 0.4) is 0 Å². The molecule has 0 bridgehead atoms. The first-order valence-corrected chi connectivity index (χ1v) is 4.84. The maximum Gasteiger partial charge on any atom is 0.489 e. The van der Waals surface area contributed by atoms with Gasteiger partial charge in [0.15, 0.2) is 0 Å². The molecule has 0 amide bonds. The molecule has 0 heterocycles. The smallest absolute Gasteiger partial charge is 0.423 e. The van der Waals surface area contributed by atoms with E-state index in [0.29, 0.717) is 5.39 Å². The van der Waals surface area contributed by atoms with Crippen LogP contribution in [0, 0.1) is 0 Å². The van der Waals surface area contributed by atoms with Crippen LogP contribution in [0.15, 0.2) is 36.4 Å². The number of fused-ring (bicyclic) bond motifs is 1. The summed E-state index contributed by atoms with van der Waals surface area (Å²) in [5.74, 6) is 0. The van der Waals surface area contributed by atoms with E-state index >= 15 is 0 Å². The van der Waals surface area contributed by atoms with Gasteiger partial charge in [-0.05, 0) is 21.7 Å². The highest BCUT2D eigenvalue weighted by Crippen LogP contribution is 2.10. The first-order valence-electron chi connectivity index (χ1n) is 4.84. The van der Waals surface area contributed by atoms with Crippen LogP contribution in [0.1, 0.15) is 0 Å². The van der Waals surface area contributed by atoms with Gasteiger partial charge >= 0.3 is 14.2 Å². The van der Waals surface area contributed by atoms with E-state index in [0.717, 1.165) is 5.39 Å². The minimum atomic E-state index is -1.64. The summed E-state index contributed by atoms with van der Waals surface area (Å²) in [6, 6.07) is 10.1. The Hall–Kier alpha value is -1.33. The van der Waals surface area contributed by atoms with Gasteiger partial charge in [0.25, 0.3) is 0 Å². The van der Waals surface area contributed by atoms with Crippen molar-refractivity contribution in [2.24, 2.45) is 0 Å². The van der Waals surface area contributed by atoms with Gasteiger partial charge in [-0.2, -0.15) is 0 Å². The number of hydrogen-bond donors (Lipinski definition) is 4. The Balaban J connectivity index is 2.74. The Kier molecular flexibility index (Phi) is 2.98. The molecule has 0 fully saturated rings. The van der Waals surface area contributed by atoms with Gasteiger partial charge in [0.05, 0.1) is 0 Å². The first-order chi connectivity index (χ1) is 7.59. The van der Waals surface area contributed by atoms with Crippen molar-refractivity contribution in [3.8, 4) is 0 Å². The van der Waals surface area contributed by atoms with E-state index in [9.17, 15) is 10.0 Å². The molecular formula is C10H10B2O4. The third-order valence-electron chi connectivity index (χ3n) is 2.49. The Labute approximate surface area is 93.1 Å². The maximum atomic E-state index is 9.22. The zero-order valence-corrected chi connectivity index (χ0v) is 8.41. The lowest BCUT2D eigenvalue weighted by atomic mass is 9.70. The van der Waals surface area contributed by atoms with E-state index in [-0.39, 0.29) is 10.9 Å². The minimum absolute atomic E-state index is 0.238. The second-order valence-electron chi connectivity index (χ2n) is 3.58. The van der Waals surface area contributed by atoms with Crippen LogP contribution in [0.4, 0.5) is 0 Å². The van der Waals surface area contributed by atoms with Crippen molar-refractivity contribution in [1.82, 2.24) is 0 Å². The molecule has 0 unspecified atom stereocenters. The predicted molar refractivity (Wildman–Crippen MR) is 63.6 cm³/mol. The highest BCUT2D eigenvalue weighted by molar-refractivity contribution is 6.65. The number of benzene rings is 2. The third-order valence-corrected chi connectivity index (χ3v) is 2.49. The fraction of sp³-hybridized carbons (Fsp3) is 0. The van der Waals surface area contributed by atoms with E-state index in [2.05, 4.69) is 0 Å². The Morgan fingerprint density at radius 1 is 0.812 bits per heavy atom. The summed E-state index contributed by atoms with van der Waals surface area (Å²) < 4.78 is 0. The summed E-state index contributed by atoms with van der Waals surface area (Å²) in [6.45, 7) is 0. The quantitative estimate of drug-likeness (QED) is 0.446. The van der Waals surface area contributed by atoms with Crippen molar-refractivity contribution >= 4 is 35.9 Å². The maximum absolute atomic E-state index is 9.22. The van der Waals surface area contributed by atoms with Crippen LogP contribution in [0.2, 0.25) is 0 Å². The molecule has 4 N–H and O–H groups in total. The van der Waals surface area contributed by atoms with Crippen molar-refractivity contribution in [2.45, 2.75) is 0 Å². The lowest BCUT2D eigenvalue weighted by Gasteiger charge is -2.09. The van der Waals surface area contributed by atoms with Crippen LogP contribution < -0.4 is 10.9 Å². The SMILES string of the molecule is OB(O)c1cc(B(O)O)c2ccccc2c1. The highest BCUT2D eigenvalue weighted by Gasteiger charge is 2.19. The minimum Gasteiger partial charge on any atom is -0.423 e. The summed E-state index contributed by atoms with van der Waals surface area (Å²) in [5.41, 5.74) is 0.503. The fourth-order valence-corrected chi connectivity index (χ4v) is 1.73. The van der Waals surface area contributed by atoms with E-state index in [1.54, 1.807) is 30.3 Å². The van der Waals surface area contributed by atoms with Gasteiger partial charge in [0.1, 0.15) is 0 Å². The fourth-order valence-electron chi connectivity index (χ4n) is 1.73. The lowest BCUT2D eigenvalue weighted by molar-refractivity contribution is 0.425. The van der Waals surface area contributed by atoms with Crippen LogP contribution in [0.5, 0.6) is 0 Å². The summed E-state index contributed by atoms with van der Waals surface area (Å²) in [7, 11) is -3.26. The van der Waals surface area contributed by atoms with E-state index < -0.39 is 14.2 Å². The Morgan fingerprint density at radius 2 is 1.50 bits per heavy atom. The standard InChI is InChI=1S/C10H10B2O4/c13-11(14)8-5-7-3-1-2-4-9(7)10(6-8)12(15)16/h1-6,13-16H. The summed E-state index contributed by atoms with van der Waals surface area (Å²) in [4.78, 5) is 0. The summed E-state index contributed by atoms with van der Waals surface area (Å²) in [5, 5.41) is 38.0. The molecule has 6 heteroatoms. The van der Waals surface area contributed by atoms with Crippen LogP contribution in [0.25, 0.3) is 10.8 Å². The Bertz CT molecular complexity index is 513. The second kappa shape index (κ2) is 4.27. The molecule has 0 aliphatic heterocycles. The largest absolute Gasteiger partial charge is 0.489 e. The molecule has 0 aliphatic carbocycles. The second-order valence-corrected chi connectivity index (χ2v) is 3.58. The van der Waals surface area contributed by atoms with Crippen LogP contribution in [-0.2, 0) is 0 Å². The van der Waals surface area contributed by atoms with Gasteiger partial charge < -0.3 is 20.1 Å². The molecule has 2 aromatic carbocycles. The monoisotopic (exact) mass is 216 g/mol. The van der Waals surface area contributed by atoms with E-state index in [1.807, 2.05) is 0 Å². The van der Waals surface area contributed by atoms with Gasteiger partial charge in [-0.25, -0.2) is 0 Å². The molecular weight excluding hydrogens is 206 g/mol. The molecule has 0 aromatic heterocycles. The van der Waals surface area contributed by atoms with Crippen LogP contribution >= 0.6 is 0 Å². The predicted octanol–water partition coefficient (Wildman–Crippen LogP) is -1.80. The van der Waals surface area contributed by atoms with Crippen molar-refractivity contribution < 1.29 is 20.1 Å². The third kappa shape index (κ3) is 1.96. The van der Waals surface area contributed by atoms with Gasteiger partial charge in [0.2, 0.25) is 0 Å². The lowest BCUT2D eigenvalue weighted by Crippen LogP contribution is -2.38. The molecule has 16 heavy (non-hydrogen) atoms. The molecule has 80 valence electrons. The number of rotatable bonds is 2. The molecule has 0 saturated heterocycles. The van der Waals surface area contributed by atoms with Gasteiger partial charge in [-0.3, -0.25) is 0 Å². The average Bonchev–Trinajstić information content (AvgIpc) is 2.27. The molecule has 0 aliphatic rings. The van der Waals surface area contributed by atoms with Crippen molar-refractivity contribution in [1.29, 1.82) is 0 Å². The van der Waals surface area contributed by atoms with E-state index in [1.165, 1.54) is 6.07 Å². The molecule has 4 nitrogen and oxygen atoms in total. The summed E-state index contributed by atoms with van der Waals surface area (Å²) >= 11 is 0. The normalized spacial score (nSPS) is 10.5. The van der Waals surface area contributed by atoms with Gasteiger partial charge in [-0.15, -0.1) is 0 Å². The Morgan fingerprint density at radius 3 is 2.12 bits per heavy atom. The molecule has 0 spiro atoms. The van der Waals surface area contributed by atoms with Crippen LogP contribution in [-0.4, -0.2) is 34.3 Å². The topological polar surface area (TPSA) is 80.9 Å². The van der Waals surface area contributed by atoms with Crippen molar-refractivity contribution in [3.05, 3.63) is 36.4 Å². The highest BCUT2D eigenvalue weighted by atomic mass is 16.4. The van der Waals surface area contributed by atoms with E-state index in [4.69, 9.17) is 10.0 Å². The van der Waals surface area contributed by atoms with Gasteiger partial charge in [0, 0.05) is 0 Å². The summed E-state index contributed by atoms with van der Waals surface area (Å²) in [6.07, 6.45) is 0. The molecule has 0 atom stereocenters. The zero-order chi connectivity index (χ0) is 11.7. The van der Waals surface area contributed by atoms with Crippen molar-refractivity contribution in [2.75, 3.05) is 0 Å². The van der Waals surface area contributed by atoms with Crippen molar-refractivity contribution in [3.63, 3.8) is 0 Å². The zero-order valence-electron chi connectivity index (χ0n) is 8.41.